The fourth-order valence-electron chi connectivity index (χ4n) is 2.07. The van der Waals surface area contributed by atoms with Crippen LogP contribution in [0.25, 0.3) is 0 Å². The summed E-state index contributed by atoms with van der Waals surface area (Å²) >= 11 is 0. The Morgan fingerprint density at radius 1 is 1.00 bits per heavy atom. The third-order valence-electron chi connectivity index (χ3n) is 3.20. The van der Waals surface area contributed by atoms with Crippen LogP contribution >= 0.6 is 0 Å². The van der Waals surface area contributed by atoms with Crippen LogP contribution in [0.15, 0.2) is 30.3 Å². The van der Waals surface area contributed by atoms with Crippen molar-refractivity contribution >= 4 is 8.80 Å². The van der Waals surface area contributed by atoms with Crippen LogP contribution in [0.2, 0.25) is 6.04 Å². The first-order valence-electron chi connectivity index (χ1n) is 7.14. The fraction of sp³-hybridized carbons (Fsp3) is 0.600. The molecular formula is C15H26O4Si. The van der Waals surface area contributed by atoms with Gasteiger partial charge in [0.05, 0.1) is 0 Å². The summed E-state index contributed by atoms with van der Waals surface area (Å²) in [7, 11) is -1.10. The average Bonchev–Trinajstić information content (AvgIpc) is 2.48. The highest BCUT2D eigenvalue weighted by molar-refractivity contribution is 6.60. The third kappa shape index (κ3) is 4.13. The van der Waals surface area contributed by atoms with Gasteiger partial charge in [0.15, 0.2) is 5.79 Å². The lowest BCUT2D eigenvalue weighted by atomic mass is 10.1. The Morgan fingerprint density at radius 2 is 1.55 bits per heavy atom. The van der Waals surface area contributed by atoms with Crippen molar-refractivity contribution in [3.05, 3.63) is 35.9 Å². The lowest BCUT2D eigenvalue weighted by Gasteiger charge is -2.38. The van der Waals surface area contributed by atoms with Gasteiger partial charge in [0, 0.05) is 31.9 Å². The molecule has 1 atom stereocenters. The maximum atomic E-state index is 6.26. The molecule has 5 heteroatoms. The fourth-order valence-corrected chi connectivity index (χ4v) is 4.50. The van der Waals surface area contributed by atoms with Gasteiger partial charge in [0.2, 0.25) is 0 Å². The van der Waals surface area contributed by atoms with Crippen LogP contribution in [-0.4, -0.2) is 29.1 Å². The van der Waals surface area contributed by atoms with Crippen molar-refractivity contribution in [1.29, 1.82) is 0 Å². The molecule has 1 rings (SSSR count). The smallest absolute Gasteiger partial charge is 0.374 e. The Balaban J connectivity index is 3.04. The first-order chi connectivity index (χ1) is 9.55. The van der Waals surface area contributed by atoms with Gasteiger partial charge >= 0.3 is 8.80 Å². The Morgan fingerprint density at radius 3 is 1.95 bits per heavy atom. The van der Waals surface area contributed by atoms with Gasteiger partial charge in [-0.3, -0.25) is 0 Å². The number of hydrogen-bond acceptors (Lipinski definition) is 4. The van der Waals surface area contributed by atoms with Gasteiger partial charge < -0.3 is 18.0 Å². The van der Waals surface area contributed by atoms with E-state index in [1.807, 2.05) is 58.0 Å². The normalized spacial score (nSPS) is 15.1. The van der Waals surface area contributed by atoms with E-state index in [2.05, 4.69) is 0 Å². The summed E-state index contributed by atoms with van der Waals surface area (Å²) in [6.07, 6.45) is 0. The number of ether oxygens (including phenoxy) is 1. The van der Waals surface area contributed by atoms with Crippen molar-refractivity contribution in [1.82, 2.24) is 0 Å². The number of hydrogen-bond donors (Lipinski definition) is 0. The second-order valence-electron chi connectivity index (χ2n) is 4.52. The summed E-state index contributed by atoms with van der Waals surface area (Å²) in [6, 6.07) is 10.6. The maximum absolute atomic E-state index is 6.26. The van der Waals surface area contributed by atoms with Crippen LogP contribution in [-0.2, 0) is 23.8 Å². The molecule has 114 valence electrons. The highest BCUT2D eigenvalue weighted by Gasteiger charge is 2.46. The van der Waals surface area contributed by atoms with Crippen molar-refractivity contribution in [2.75, 3.05) is 20.3 Å². The van der Waals surface area contributed by atoms with E-state index in [4.69, 9.17) is 18.0 Å². The predicted octanol–water partition coefficient (Wildman–Crippen LogP) is 3.55. The zero-order valence-electron chi connectivity index (χ0n) is 13.1. The zero-order valence-corrected chi connectivity index (χ0v) is 14.1. The Kier molecular flexibility index (Phi) is 6.85. The highest BCUT2D eigenvalue weighted by Crippen LogP contribution is 2.32. The molecule has 0 aliphatic heterocycles. The van der Waals surface area contributed by atoms with Crippen LogP contribution in [0.5, 0.6) is 0 Å². The molecule has 0 heterocycles. The maximum Gasteiger partial charge on any atom is 0.503 e. The van der Waals surface area contributed by atoms with Crippen LogP contribution in [0.1, 0.15) is 33.3 Å². The molecule has 0 N–H and O–H groups in total. The SMILES string of the molecule is CCO[Si](CC)(OCC)OC(C)(OC)c1ccccc1. The summed E-state index contributed by atoms with van der Waals surface area (Å²) in [5.41, 5.74) is 0.951. The predicted molar refractivity (Wildman–Crippen MR) is 81.4 cm³/mol. The first-order valence-corrected chi connectivity index (χ1v) is 9.07. The van der Waals surface area contributed by atoms with Gasteiger partial charge in [0.1, 0.15) is 0 Å². The van der Waals surface area contributed by atoms with E-state index in [0.29, 0.717) is 19.3 Å². The topological polar surface area (TPSA) is 36.9 Å². The Bertz CT molecular complexity index is 379. The van der Waals surface area contributed by atoms with Crippen LogP contribution < -0.4 is 0 Å². The molecule has 0 saturated carbocycles. The first kappa shape index (κ1) is 17.3. The minimum Gasteiger partial charge on any atom is -0.374 e. The molecule has 0 radical (unpaired) electrons. The summed E-state index contributed by atoms with van der Waals surface area (Å²) in [4.78, 5) is 0. The lowest BCUT2D eigenvalue weighted by molar-refractivity contribution is -0.190. The van der Waals surface area contributed by atoms with Crippen molar-refractivity contribution in [3.8, 4) is 0 Å². The summed E-state index contributed by atoms with van der Waals surface area (Å²) in [6.45, 7) is 8.96. The molecule has 0 aromatic heterocycles. The van der Waals surface area contributed by atoms with Gasteiger partial charge in [-0.1, -0.05) is 37.3 Å². The molecule has 1 aromatic rings. The van der Waals surface area contributed by atoms with E-state index in [9.17, 15) is 0 Å². The molecule has 20 heavy (non-hydrogen) atoms. The second kappa shape index (κ2) is 7.90. The van der Waals surface area contributed by atoms with Crippen LogP contribution in [0.3, 0.4) is 0 Å². The van der Waals surface area contributed by atoms with E-state index < -0.39 is 14.6 Å². The minimum atomic E-state index is -2.73. The monoisotopic (exact) mass is 298 g/mol. The second-order valence-corrected chi connectivity index (χ2v) is 7.38. The summed E-state index contributed by atoms with van der Waals surface area (Å²) in [5, 5.41) is 0. The molecule has 1 aromatic carbocycles. The molecule has 4 nitrogen and oxygen atoms in total. The van der Waals surface area contributed by atoms with Gasteiger partial charge in [-0.15, -0.1) is 0 Å². The highest BCUT2D eigenvalue weighted by atomic mass is 28.4. The number of benzene rings is 1. The van der Waals surface area contributed by atoms with Crippen molar-refractivity contribution in [3.63, 3.8) is 0 Å². The summed E-state index contributed by atoms with van der Waals surface area (Å²) in [5.74, 6) is -0.867. The van der Waals surface area contributed by atoms with E-state index in [1.54, 1.807) is 7.11 Å². The molecule has 0 saturated heterocycles. The zero-order chi connectivity index (χ0) is 15.1. The minimum absolute atomic E-state index is 0.564. The van der Waals surface area contributed by atoms with Crippen molar-refractivity contribution < 1.29 is 18.0 Å². The van der Waals surface area contributed by atoms with E-state index >= 15 is 0 Å². The van der Waals surface area contributed by atoms with Crippen molar-refractivity contribution in [2.24, 2.45) is 0 Å². The number of methoxy groups -OCH3 is 1. The van der Waals surface area contributed by atoms with Gasteiger partial charge in [-0.05, 0) is 20.8 Å². The number of rotatable bonds is 9. The van der Waals surface area contributed by atoms with Gasteiger partial charge in [-0.25, -0.2) is 0 Å². The average molecular weight is 298 g/mol. The molecular weight excluding hydrogens is 272 g/mol. The van der Waals surface area contributed by atoms with Gasteiger partial charge in [-0.2, -0.15) is 0 Å². The molecule has 0 amide bonds. The molecule has 0 aliphatic carbocycles. The Hall–Kier alpha value is -0.723. The molecule has 0 fully saturated rings. The summed E-state index contributed by atoms with van der Waals surface area (Å²) < 4.78 is 23.6. The molecule has 0 bridgehead atoms. The lowest BCUT2D eigenvalue weighted by Crippen LogP contribution is -2.51. The molecule has 0 aliphatic rings. The van der Waals surface area contributed by atoms with Crippen LogP contribution in [0.4, 0.5) is 0 Å². The van der Waals surface area contributed by atoms with E-state index in [1.165, 1.54) is 0 Å². The van der Waals surface area contributed by atoms with E-state index in [0.717, 1.165) is 5.56 Å². The van der Waals surface area contributed by atoms with E-state index in [-0.39, 0.29) is 0 Å². The largest absolute Gasteiger partial charge is 0.503 e. The standard InChI is InChI=1S/C15H26O4Si/c1-6-17-20(8-3,18-7-2)19-15(4,16-5)14-12-10-9-11-13-14/h9-13H,6-8H2,1-5H3. The third-order valence-corrected chi connectivity index (χ3v) is 6.22. The Labute approximate surface area is 123 Å². The molecule has 1 unspecified atom stereocenters. The van der Waals surface area contributed by atoms with Crippen LogP contribution in [0, 0.1) is 0 Å². The van der Waals surface area contributed by atoms with Gasteiger partial charge in [0.25, 0.3) is 0 Å². The van der Waals surface area contributed by atoms with Crippen molar-refractivity contribution in [2.45, 2.75) is 39.5 Å². The molecule has 0 spiro atoms. The quantitative estimate of drug-likeness (QED) is 0.516.